The lowest BCUT2D eigenvalue weighted by Crippen LogP contribution is -2.31. The van der Waals surface area contributed by atoms with Crippen molar-refractivity contribution >= 4 is 27.3 Å². The third kappa shape index (κ3) is 2.90. The lowest BCUT2D eigenvalue weighted by molar-refractivity contribution is 0.0977. The van der Waals surface area contributed by atoms with Crippen LogP contribution in [-0.2, 0) is 10.0 Å². The van der Waals surface area contributed by atoms with Crippen molar-refractivity contribution in [2.75, 3.05) is 13.2 Å². The predicted octanol–water partition coefficient (Wildman–Crippen LogP) is 1.34. The van der Waals surface area contributed by atoms with E-state index in [4.69, 9.17) is 9.47 Å². The van der Waals surface area contributed by atoms with Gasteiger partial charge in [0.1, 0.15) is 18.9 Å². The number of aromatic nitrogens is 1. The average Bonchev–Trinajstić information content (AvgIpc) is 2.93. The van der Waals surface area contributed by atoms with Crippen LogP contribution in [-0.4, -0.2) is 32.5 Å². The van der Waals surface area contributed by atoms with Crippen LogP contribution < -0.4 is 14.2 Å². The topological polar surface area (TPSA) is 94.6 Å². The molecule has 2 heterocycles. The number of benzene rings is 1. The largest absolute Gasteiger partial charge is 0.486 e. The maximum absolute atomic E-state index is 12.3. The van der Waals surface area contributed by atoms with E-state index < -0.39 is 15.9 Å². The molecule has 116 valence electrons. The van der Waals surface area contributed by atoms with Gasteiger partial charge in [-0.05, 0) is 19.1 Å². The summed E-state index contributed by atoms with van der Waals surface area (Å²) in [5.41, 5.74) is 0.0728. The molecular formula is C13H12N2O5S2. The molecule has 0 radical (unpaired) electrons. The molecule has 1 amide bonds. The number of nitrogens with one attached hydrogen (secondary N) is 1. The number of amides is 1. The van der Waals surface area contributed by atoms with Gasteiger partial charge in [-0.2, -0.15) is 0 Å². The molecule has 3 rings (SSSR count). The first-order valence-electron chi connectivity index (χ1n) is 6.35. The van der Waals surface area contributed by atoms with Crippen molar-refractivity contribution in [2.45, 2.75) is 11.8 Å². The number of hydrogen-bond donors (Lipinski definition) is 1. The summed E-state index contributed by atoms with van der Waals surface area (Å²) in [6.45, 7) is 2.50. The minimum Gasteiger partial charge on any atom is -0.486 e. The maximum atomic E-state index is 12.3. The van der Waals surface area contributed by atoms with E-state index in [2.05, 4.69) is 4.98 Å². The van der Waals surface area contributed by atoms with Crippen molar-refractivity contribution in [3.05, 3.63) is 34.3 Å². The summed E-state index contributed by atoms with van der Waals surface area (Å²) in [5.74, 6) is 0.0527. The Bertz CT molecular complexity index is 829. The third-order valence-electron chi connectivity index (χ3n) is 2.90. The molecule has 1 aromatic carbocycles. The molecule has 1 N–H and O–H groups in total. The van der Waals surface area contributed by atoms with E-state index in [9.17, 15) is 13.2 Å². The normalized spacial score (nSPS) is 13.7. The Labute approximate surface area is 131 Å². The van der Waals surface area contributed by atoms with Gasteiger partial charge in [-0.15, -0.1) is 11.3 Å². The van der Waals surface area contributed by atoms with Crippen LogP contribution in [0.1, 0.15) is 15.5 Å². The molecule has 0 unspecified atom stereocenters. The highest BCUT2D eigenvalue weighted by molar-refractivity contribution is 7.90. The molecule has 7 nitrogen and oxygen atoms in total. The van der Waals surface area contributed by atoms with Crippen LogP contribution >= 0.6 is 11.3 Å². The van der Waals surface area contributed by atoms with Crippen molar-refractivity contribution < 1.29 is 22.7 Å². The molecule has 22 heavy (non-hydrogen) atoms. The van der Waals surface area contributed by atoms with Crippen molar-refractivity contribution in [2.24, 2.45) is 0 Å². The second-order valence-electron chi connectivity index (χ2n) is 4.49. The summed E-state index contributed by atoms with van der Waals surface area (Å²) in [6.07, 6.45) is 0. The Hall–Kier alpha value is -2.13. The zero-order valence-electron chi connectivity index (χ0n) is 11.5. The number of ether oxygens (including phenoxy) is 2. The number of hydrogen-bond acceptors (Lipinski definition) is 7. The van der Waals surface area contributed by atoms with Gasteiger partial charge >= 0.3 is 0 Å². The van der Waals surface area contributed by atoms with E-state index in [0.717, 1.165) is 0 Å². The van der Waals surface area contributed by atoms with Gasteiger partial charge in [-0.1, -0.05) is 0 Å². The number of carbonyl (C=O) groups excluding carboxylic acids is 1. The maximum Gasteiger partial charge on any atom is 0.284 e. The first-order chi connectivity index (χ1) is 10.5. The number of aryl methyl sites for hydroxylation is 1. The molecule has 1 aromatic heterocycles. The zero-order chi connectivity index (χ0) is 15.7. The summed E-state index contributed by atoms with van der Waals surface area (Å²) in [6, 6.07) is 4.19. The van der Waals surface area contributed by atoms with Gasteiger partial charge in [-0.3, -0.25) is 4.79 Å². The molecular weight excluding hydrogens is 328 g/mol. The van der Waals surface area contributed by atoms with E-state index >= 15 is 0 Å². The highest BCUT2D eigenvalue weighted by atomic mass is 32.2. The Morgan fingerprint density at radius 2 is 2.00 bits per heavy atom. The molecule has 1 aliphatic rings. The van der Waals surface area contributed by atoms with Crippen molar-refractivity contribution in [1.29, 1.82) is 0 Å². The highest BCUT2D eigenvalue weighted by Gasteiger charge is 2.23. The minimum absolute atomic E-state index is 0.0722. The molecule has 1 aliphatic heterocycles. The number of rotatable bonds is 3. The number of thiazole rings is 1. The quantitative estimate of drug-likeness (QED) is 0.906. The summed E-state index contributed by atoms with van der Waals surface area (Å²) in [4.78, 5) is 15.8. The predicted molar refractivity (Wildman–Crippen MR) is 78.9 cm³/mol. The zero-order valence-corrected chi connectivity index (χ0v) is 13.2. The van der Waals surface area contributed by atoms with Crippen molar-refractivity contribution in [3.63, 3.8) is 0 Å². The number of fused-ring (bicyclic) bond motifs is 1. The van der Waals surface area contributed by atoms with Gasteiger partial charge in [0.05, 0.1) is 9.90 Å². The Morgan fingerprint density at radius 1 is 1.27 bits per heavy atom. The second kappa shape index (κ2) is 5.58. The van der Waals surface area contributed by atoms with Crippen LogP contribution in [0.3, 0.4) is 0 Å². The van der Waals surface area contributed by atoms with E-state index in [-0.39, 0.29) is 10.6 Å². The molecule has 2 aromatic rings. The molecule has 0 aliphatic carbocycles. The van der Waals surface area contributed by atoms with Crippen LogP contribution in [0.25, 0.3) is 0 Å². The Balaban J connectivity index is 1.85. The van der Waals surface area contributed by atoms with Crippen molar-refractivity contribution in [3.8, 4) is 11.5 Å². The summed E-state index contributed by atoms with van der Waals surface area (Å²) in [5, 5.41) is 2.19. The third-order valence-corrected chi connectivity index (χ3v) is 5.00. The fourth-order valence-corrected chi connectivity index (χ4v) is 3.46. The summed E-state index contributed by atoms with van der Waals surface area (Å²) in [7, 11) is -4.00. The first-order valence-corrected chi connectivity index (χ1v) is 8.71. The molecule has 0 fully saturated rings. The smallest absolute Gasteiger partial charge is 0.284 e. The average molecular weight is 340 g/mol. The summed E-state index contributed by atoms with van der Waals surface area (Å²) >= 11 is 1.27. The lowest BCUT2D eigenvalue weighted by Gasteiger charge is -2.18. The second-order valence-corrected chi connectivity index (χ2v) is 7.24. The minimum atomic E-state index is -4.00. The molecule has 0 atom stereocenters. The van der Waals surface area contributed by atoms with Crippen molar-refractivity contribution in [1.82, 2.24) is 9.71 Å². The van der Waals surface area contributed by atoms with Gasteiger partial charge in [0.2, 0.25) is 0 Å². The number of sulfonamides is 1. The fraction of sp³-hybridized carbons (Fsp3) is 0.231. The summed E-state index contributed by atoms with van der Waals surface area (Å²) < 4.78 is 37.2. The molecule has 0 saturated carbocycles. The van der Waals surface area contributed by atoms with E-state index in [0.29, 0.717) is 29.7 Å². The number of nitrogens with zero attached hydrogens (tertiary/aromatic N) is 1. The Morgan fingerprint density at radius 3 is 2.68 bits per heavy atom. The highest BCUT2D eigenvalue weighted by Crippen LogP contribution is 2.32. The molecule has 0 bridgehead atoms. The van der Waals surface area contributed by atoms with Crippen LogP contribution in [0, 0.1) is 6.92 Å². The van der Waals surface area contributed by atoms with Crippen LogP contribution in [0.2, 0.25) is 0 Å². The molecule has 9 heteroatoms. The SMILES string of the molecule is Cc1nc(C(=O)NS(=O)(=O)c2ccc3c(c2)OCCO3)cs1. The monoisotopic (exact) mass is 340 g/mol. The molecule has 0 saturated heterocycles. The van der Waals surface area contributed by atoms with Crippen LogP contribution in [0.4, 0.5) is 0 Å². The molecule has 0 spiro atoms. The van der Waals surface area contributed by atoms with Gasteiger partial charge < -0.3 is 9.47 Å². The number of carbonyl (C=O) groups is 1. The van der Waals surface area contributed by atoms with Gasteiger partial charge in [0.25, 0.3) is 15.9 Å². The van der Waals surface area contributed by atoms with E-state index in [1.165, 1.54) is 34.9 Å². The fourth-order valence-electron chi connectivity index (χ4n) is 1.89. The van der Waals surface area contributed by atoms with Crippen LogP contribution in [0.15, 0.2) is 28.5 Å². The Kier molecular flexibility index (Phi) is 3.75. The van der Waals surface area contributed by atoms with Crippen LogP contribution in [0.5, 0.6) is 11.5 Å². The van der Waals surface area contributed by atoms with E-state index in [1.807, 2.05) is 4.72 Å². The first kappa shape index (κ1) is 14.8. The van der Waals surface area contributed by atoms with Gasteiger partial charge in [0, 0.05) is 11.4 Å². The van der Waals surface area contributed by atoms with Gasteiger partial charge in [0.15, 0.2) is 11.5 Å². The lowest BCUT2D eigenvalue weighted by atomic mass is 10.3. The standard InChI is InChI=1S/C13H12N2O5S2/c1-8-14-10(7-21-8)13(16)15-22(17,18)9-2-3-11-12(6-9)20-5-4-19-11/h2-3,6-7H,4-5H2,1H3,(H,15,16). The van der Waals surface area contributed by atoms with Gasteiger partial charge in [-0.25, -0.2) is 18.1 Å². The van der Waals surface area contributed by atoms with E-state index in [1.54, 1.807) is 6.92 Å².